The van der Waals surface area contributed by atoms with E-state index >= 15 is 0 Å². The number of hydrogen-bond donors (Lipinski definition) is 1. The van der Waals surface area contributed by atoms with Crippen molar-refractivity contribution < 1.29 is 4.52 Å². The van der Waals surface area contributed by atoms with Gasteiger partial charge in [0.2, 0.25) is 5.95 Å². The largest absolute Gasteiger partial charge is 0.364 e. The Morgan fingerprint density at radius 3 is 3.28 bits per heavy atom. The lowest BCUT2D eigenvalue weighted by molar-refractivity contribution is 0.412. The van der Waals surface area contributed by atoms with Crippen LogP contribution in [0.25, 0.3) is 10.2 Å². The van der Waals surface area contributed by atoms with Gasteiger partial charge >= 0.3 is 0 Å². The van der Waals surface area contributed by atoms with Crippen LogP contribution in [0, 0.1) is 0 Å². The molecule has 0 saturated heterocycles. The summed E-state index contributed by atoms with van der Waals surface area (Å²) >= 11 is 1.64. The molecule has 92 valence electrons. The molecule has 0 radical (unpaired) electrons. The Balaban J connectivity index is 1.76. The van der Waals surface area contributed by atoms with Crippen molar-refractivity contribution in [3.63, 3.8) is 0 Å². The second kappa shape index (κ2) is 4.73. The van der Waals surface area contributed by atoms with E-state index in [0.717, 1.165) is 27.9 Å². The highest BCUT2D eigenvalue weighted by Gasteiger charge is 2.06. The van der Waals surface area contributed by atoms with Crippen LogP contribution in [0.5, 0.6) is 0 Å². The number of aryl methyl sites for hydroxylation is 1. The number of rotatable bonds is 4. The highest BCUT2D eigenvalue weighted by atomic mass is 32.1. The molecule has 0 aliphatic heterocycles. The van der Waals surface area contributed by atoms with Crippen molar-refractivity contribution in [1.29, 1.82) is 0 Å². The third-order valence-corrected chi connectivity index (χ3v) is 3.57. The zero-order valence-electron chi connectivity index (χ0n) is 9.88. The van der Waals surface area contributed by atoms with E-state index in [2.05, 4.69) is 27.4 Å². The van der Waals surface area contributed by atoms with Gasteiger partial charge in [-0.25, -0.2) is 9.97 Å². The molecule has 0 aliphatic carbocycles. The van der Waals surface area contributed by atoms with Gasteiger partial charge < -0.3 is 9.84 Å². The van der Waals surface area contributed by atoms with E-state index in [0.29, 0.717) is 12.5 Å². The van der Waals surface area contributed by atoms with Gasteiger partial charge in [-0.15, -0.1) is 11.3 Å². The van der Waals surface area contributed by atoms with Crippen LogP contribution in [-0.4, -0.2) is 15.1 Å². The van der Waals surface area contributed by atoms with Gasteiger partial charge in [-0.2, -0.15) is 0 Å². The number of nitrogens with one attached hydrogen (secondary N) is 1. The molecule has 0 aliphatic rings. The fraction of sp³-hybridized carbons (Fsp3) is 0.250. The number of fused-ring (bicyclic) bond motifs is 1. The second-order valence-corrected chi connectivity index (χ2v) is 4.80. The molecule has 3 aromatic heterocycles. The Bertz CT molecular complexity index is 661. The van der Waals surface area contributed by atoms with Crippen LogP contribution >= 0.6 is 11.3 Å². The van der Waals surface area contributed by atoms with E-state index in [1.54, 1.807) is 17.6 Å². The minimum Gasteiger partial charge on any atom is -0.364 e. The fourth-order valence-electron chi connectivity index (χ4n) is 1.73. The number of hydrogen-bond acceptors (Lipinski definition) is 6. The fourth-order valence-corrected chi connectivity index (χ4v) is 2.42. The van der Waals surface area contributed by atoms with Gasteiger partial charge in [-0.3, -0.25) is 0 Å². The topological polar surface area (TPSA) is 63.8 Å². The van der Waals surface area contributed by atoms with Gasteiger partial charge in [0.15, 0.2) is 0 Å². The maximum Gasteiger partial charge on any atom is 0.223 e. The first kappa shape index (κ1) is 11.2. The van der Waals surface area contributed by atoms with Gasteiger partial charge in [-0.1, -0.05) is 12.1 Å². The van der Waals surface area contributed by atoms with Crippen LogP contribution < -0.4 is 5.32 Å². The van der Waals surface area contributed by atoms with Gasteiger partial charge in [-0.05, 0) is 17.9 Å². The van der Waals surface area contributed by atoms with Crippen molar-refractivity contribution in [3.8, 4) is 0 Å². The quantitative estimate of drug-likeness (QED) is 0.781. The SMILES string of the molecule is CCc1conc1CNc1ncc2sccc2n1. The first-order valence-electron chi connectivity index (χ1n) is 5.73. The highest BCUT2D eigenvalue weighted by Crippen LogP contribution is 2.19. The summed E-state index contributed by atoms with van der Waals surface area (Å²) in [5, 5.41) is 9.14. The lowest BCUT2D eigenvalue weighted by atomic mass is 10.2. The predicted molar refractivity (Wildman–Crippen MR) is 70.6 cm³/mol. The monoisotopic (exact) mass is 260 g/mol. The number of nitrogens with zero attached hydrogens (tertiary/aromatic N) is 3. The van der Waals surface area contributed by atoms with Crippen molar-refractivity contribution in [2.45, 2.75) is 19.9 Å². The molecular formula is C12H12N4OS. The van der Waals surface area contributed by atoms with Gasteiger partial charge in [0, 0.05) is 5.56 Å². The molecule has 0 fully saturated rings. The Morgan fingerprint density at radius 2 is 2.39 bits per heavy atom. The molecule has 3 aromatic rings. The van der Waals surface area contributed by atoms with Crippen LogP contribution in [0.3, 0.4) is 0 Å². The predicted octanol–water partition coefficient (Wildman–Crippen LogP) is 2.85. The summed E-state index contributed by atoms with van der Waals surface area (Å²) in [6.07, 6.45) is 4.42. The van der Waals surface area contributed by atoms with E-state index in [1.165, 1.54) is 0 Å². The molecule has 3 rings (SSSR count). The van der Waals surface area contributed by atoms with Gasteiger partial charge in [0.25, 0.3) is 0 Å². The normalized spacial score (nSPS) is 10.9. The van der Waals surface area contributed by atoms with Crippen molar-refractivity contribution in [2.75, 3.05) is 5.32 Å². The first-order chi connectivity index (χ1) is 8.86. The molecule has 0 aromatic carbocycles. The standard InChI is InChI=1S/C12H12N4OS/c1-2-8-7-17-16-10(8)5-13-12-14-6-11-9(15-12)3-4-18-11/h3-4,6-7H,2,5H2,1H3,(H,13,14,15). The summed E-state index contributed by atoms with van der Waals surface area (Å²) in [6.45, 7) is 2.65. The van der Waals surface area contributed by atoms with Crippen molar-refractivity contribution in [3.05, 3.63) is 35.2 Å². The van der Waals surface area contributed by atoms with E-state index in [1.807, 2.05) is 17.6 Å². The molecule has 0 atom stereocenters. The minimum absolute atomic E-state index is 0.579. The molecule has 6 heteroatoms. The first-order valence-corrected chi connectivity index (χ1v) is 6.61. The Hall–Kier alpha value is -1.95. The third-order valence-electron chi connectivity index (χ3n) is 2.73. The van der Waals surface area contributed by atoms with E-state index < -0.39 is 0 Å². The molecule has 1 N–H and O–H groups in total. The molecule has 0 amide bonds. The highest BCUT2D eigenvalue weighted by molar-refractivity contribution is 7.17. The van der Waals surface area contributed by atoms with Crippen molar-refractivity contribution in [2.24, 2.45) is 0 Å². The summed E-state index contributed by atoms with van der Waals surface area (Å²) in [5.74, 6) is 0.617. The summed E-state index contributed by atoms with van der Waals surface area (Å²) in [4.78, 5) is 8.68. The lowest BCUT2D eigenvalue weighted by Gasteiger charge is -2.02. The minimum atomic E-state index is 0.579. The number of anilines is 1. The van der Waals surface area contributed by atoms with Crippen LogP contribution in [-0.2, 0) is 13.0 Å². The average molecular weight is 260 g/mol. The summed E-state index contributed by atoms with van der Waals surface area (Å²) in [5.41, 5.74) is 2.99. The summed E-state index contributed by atoms with van der Waals surface area (Å²) < 4.78 is 6.05. The van der Waals surface area contributed by atoms with Gasteiger partial charge in [0.05, 0.1) is 23.0 Å². The van der Waals surface area contributed by atoms with E-state index in [4.69, 9.17) is 4.52 Å². The molecule has 0 bridgehead atoms. The average Bonchev–Trinajstić information content (AvgIpc) is 3.04. The molecule has 3 heterocycles. The van der Waals surface area contributed by atoms with E-state index in [9.17, 15) is 0 Å². The molecule has 18 heavy (non-hydrogen) atoms. The van der Waals surface area contributed by atoms with Crippen LogP contribution in [0.4, 0.5) is 5.95 Å². The third kappa shape index (κ3) is 2.06. The second-order valence-electron chi connectivity index (χ2n) is 3.86. The molecular weight excluding hydrogens is 248 g/mol. The van der Waals surface area contributed by atoms with E-state index in [-0.39, 0.29) is 0 Å². The molecule has 0 spiro atoms. The van der Waals surface area contributed by atoms with Crippen LogP contribution in [0.1, 0.15) is 18.2 Å². The smallest absolute Gasteiger partial charge is 0.223 e. The summed E-state index contributed by atoms with van der Waals surface area (Å²) in [7, 11) is 0. The Kier molecular flexibility index (Phi) is 2.93. The van der Waals surface area contributed by atoms with Crippen molar-refractivity contribution >= 4 is 27.5 Å². The zero-order valence-corrected chi connectivity index (χ0v) is 10.7. The molecule has 5 nitrogen and oxygen atoms in total. The van der Waals surface area contributed by atoms with Crippen LogP contribution in [0.15, 0.2) is 28.4 Å². The Morgan fingerprint density at radius 1 is 1.44 bits per heavy atom. The Labute approximate surface area is 108 Å². The number of thiophene rings is 1. The molecule has 0 saturated carbocycles. The maximum atomic E-state index is 4.95. The zero-order chi connectivity index (χ0) is 12.4. The molecule has 0 unspecified atom stereocenters. The lowest BCUT2D eigenvalue weighted by Crippen LogP contribution is -2.05. The van der Waals surface area contributed by atoms with Gasteiger partial charge in [0.1, 0.15) is 12.0 Å². The summed E-state index contributed by atoms with van der Waals surface area (Å²) in [6, 6.07) is 1.99. The maximum absolute atomic E-state index is 4.95. The van der Waals surface area contributed by atoms with Crippen molar-refractivity contribution in [1.82, 2.24) is 15.1 Å². The number of aromatic nitrogens is 3. The van der Waals surface area contributed by atoms with Crippen LogP contribution in [0.2, 0.25) is 0 Å².